The summed E-state index contributed by atoms with van der Waals surface area (Å²) >= 11 is 0. The molecule has 2 aromatic heterocycles. The van der Waals surface area contributed by atoms with Gasteiger partial charge in [0.2, 0.25) is 0 Å². The van der Waals surface area contributed by atoms with E-state index in [1.807, 2.05) is 86.5 Å². The van der Waals surface area contributed by atoms with E-state index in [0.717, 1.165) is 34.2 Å². The van der Waals surface area contributed by atoms with Crippen LogP contribution in [0, 0.1) is 0 Å². The number of fused-ring (bicyclic) bond motifs is 1. The van der Waals surface area contributed by atoms with E-state index in [-0.39, 0.29) is 0 Å². The third-order valence-corrected chi connectivity index (χ3v) is 4.61. The maximum Gasteiger partial charge on any atom is 0.164 e. The van der Waals surface area contributed by atoms with Crippen molar-refractivity contribution in [1.29, 1.82) is 0 Å². The Labute approximate surface area is 170 Å². The SMILES string of the molecule is CN(C)c1ccnc(N=C2N=C(Nc3cc(N(C)C)ccn3)c3ccccc32)c1. The molecule has 1 aromatic carbocycles. The third-order valence-electron chi connectivity index (χ3n) is 4.61. The second-order valence-corrected chi connectivity index (χ2v) is 7.13. The molecule has 7 nitrogen and oxygen atoms in total. The highest BCUT2D eigenvalue weighted by molar-refractivity contribution is 6.26. The van der Waals surface area contributed by atoms with Crippen molar-refractivity contribution in [2.24, 2.45) is 9.98 Å². The van der Waals surface area contributed by atoms with Crippen molar-refractivity contribution < 1.29 is 0 Å². The molecular formula is C22H23N7. The number of nitrogens with zero attached hydrogens (tertiary/aromatic N) is 6. The van der Waals surface area contributed by atoms with Crippen molar-refractivity contribution in [1.82, 2.24) is 9.97 Å². The molecule has 3 aromatic rings. The minimum Gasteiger partial charge on any atom is -0.378 e. The molecule has 146 valence electrons. The van der Waals surface area contributed by atoms with Gasteiger partial charge in [-0.2, -0.15) is 0 Å². The lowest BCUT2D eigenvalue weighted by Crippen LogP contribution is -2.14. The van der Waals surface area contributed by atoms with Crippen LogP contribution in [0.5, 0.6) is 0 Å². The van der Waals surface area contributed by atoms with Gasteiger partial charge in [-0.1, -0.05) is 24.3 Å². The molecular weight excluding hydrogens is 362 g/mol. The van der Waals surface area contributed by atoms with Crippen molar-refractivity contribution in [2.75, 3.05) is 43.3 Å². The lowest BCUT2D eigenvalue weighted by molar-refractivity contribution is 1.12. The molecule has 0 bridgehead atoms. The maximum atomic E-state index is 4.74. The Balaban J connectivity index is 1.70. The van der Waals surface area contributed by atoms with Gasteiger partial charge < -0.3 is 15.1 Å². The fourth-order valence-corrected chi connectivity index (χ4v) is 3.03. The monoisotopic (exact) mass is 385 g/mol. The van der Waals surface area contributed by atoms with E-state index in [4.69, 9.17) is 9.98 Å². The summed E-state index contributed by atoms with van der Waals surface area (Å²) in [5.41, 5.74) is 4.06. The highest BCUT2D eigenvalue weighted by Gasteiger charge is 2.22. The molecule has 1 N–H and O–H groups in total. The summed E-state index contributed by atoms with van der Waals surface area (Å²) in [6.45, 7) is 0. The van der Waals surface area contributed by atoms with E-state index in [1.54, 1.807) is 12.4 Å². The van der Waals surface area contributed by atoms with E-state index in [1.165, 1.54) is 0 Å². The molecule has 0 saturated carbocycles. The Bertz CT molecular complexity index is 1100. The van der Waals surface area contributed by atoms with Crippen LogP contribution in [0.4, 0.5) is 23.0 Å². The lowest BCUT2D eigenvalue weighted by atomic mass is 10.1. The van der Waals surface area contributed by atoms with Crippen LogP contribution < -0.4 is 15.1 Å². The van der Waals surface area contributed by atoms with Crippen LogP contribution in [-0.2, 0) is 0 Å². The molecule has 0 amide bonds. The smallest absolute Gasteiger partial charge is 0.164 e. The predicted octanol–water partition coefficient (Wildman–Crippen LogP) is 3.56. The first kappa shape index (κ1) is 18.6. The molecule has 0 saturated heterocycles. The summed E-state index contributed by atoms with van der Waals surface area (Å²) in [4.78, 5) is 22.3. The van der Waals surface area contributed by atoms with Crippen molar-refractivity contribution >= 4 is 34.7 Å². The summed E-state index contributed by atoms with van der Waals surface area (Å²) in [5, 5.41) is 3.34. The van der Waals surface area contributed by atoms with Gasteiger partial charge in [-0.05, 0) is 12.1 Å². The highest BCUT2D eigenvalue weighted by Crippen LogP contribution is 2.25. The van der Waals surface area contributed by atoms with Gasteiger partial charge in [0.1, 0.15) is 11.7 Å². The highest BCUT2D eigenvalue weighted by atomic mass is 15.1. The topological polar surface area (TPSA) is 69.0 Å². The van der Waals surface area contributed by atoms with Gasteiger partial charge in [0.15, 0.2) is 11.7 Å². The predicted molar refractivity (Wildman–Crippen MR) is 120 cm³/mol. The Kier molecular flexibility index (Phi) is 4.95. The van der Waals surface area contributed by atoms with Crippen molar-refractivity contribution in [3.8, 4) is 0 Å². The zero-order valence-corrected chi connectivity index (χ0v) is 17.0. The van der Waals surface area contributed by atoms with Gasteiger partial charge in [-0.3, -0.25) is 0 Å². The fourth-order valence-electron chi connectivity index (χ4n) is 3.03. The van der Waals surface area contributed by atoms with Crippen LogP contribution in [0.3, 0.4) is 0 Å². The van der Waals surface area contributed by atoms with Gasteiger partial charge >= 0.3 is 0 Å². The zero-order chi connectivity index (χ0) is 20.4. The molecule has 0 aliphatic carbocycles. The van der Waals surface area contributed by atoms with E-state index in [9.17, 15) is 0 Å². The standard InChI is InChI=1S/C22H23N7/c1-28(2)15-9-11-23-19(13-15)25-21-17-7-5-6-8-18(17)22(27-21)26-20-14-16(29(3)4)10-12-24-20/h5-14H,1-4H3,(H,23,24,25,26,27). The largest absolute Gasteiger partial charge is 0.378 e. The first-order valence-corrected chi connectivity index (χ1v) is 9.32. The number of nitrogens with one attached hydrogen (secondary N) is 1. The summed E-state index contributed by atoms with van der Waals surface area (Å²) in [5.74, 6) is 2.72. The van der Waals surface area contributed by atoms with Crippen LogP contribution in [0.15, 0.2) is 70.9 Å². The quantitative estimate of drug-likeness (QED) is 0.744. The van der Waals surface area contributed by atoms with E-state index in [0.29, 0.717) is 11.7 Å². The summed E-state index contributed by atoms with van der Waals surface area (Å²) in [6, 6.07) is 15.9. The number of pyridine rings is 2. The van der Waals surface area contributed by atoms with Crippen LogP contribution in [0.25, 0.3) is 0 Å². The van der Waals surface area contributed by atoms with Crippen LogP contribution in [-0.4, -0.2) is 49.8 Å². The molecule has 0 radical (unpaired) electrons. The van der Waals surface area contributed by atoms with E-state index < -0.39 is 0 Å². The molecule has 3 heterocycles. The van der Waals surface area contributed by atoms with Gasteiger partial charge in [-0.25, -0.2) is 20.0 Å². The summed E-state index contributed by atoms with van der Waals surface area (Å²) in [6.07, 6.45) is 3.54. The van der Waals surface area contributed by atoms with Crippen molar-refractivity contribution in [3.05, 3.63) is 72.1 Å². The Morgan fingerprint density at radius 1 is 0.793 bits per heavy atom. The van der Waals surface area contributed by atoms with Gasteiger partial charge in [0, 0.05) is 75.2 Å². The molecule has 29 heavy (non-hydrogen) atoms. The molecule has 0 unspecified atom stereocenters. The van der Waals surface area contributed by atoms with Crippen LogP contribution >= 0.6 is 0 Å². The van der Waals surface area contributed by atoms with E-state index >= 15 is 0 Å². The molecule has 0 fully saturated rings. The number of hydrogen-bond donors (Lipinski definition) is 1. The Morgan fingerprint density at radius 2 is 1.45 bits per heavy atom. The fraction of sp³-hybridized carbons (Fsp3) is 0.182. The number of rotatable bonds is 4. The number of anilines is 3. The minimum absolute atomic E-state index is 0.624. The Hall–Kier alpha value is -3.74. The summed E-state index contributed by atoms with van der Waals surface area (Å²) < 4.78 is 0. The first-order chi connectivity index (χ1) is 14.0. The third kappa shape index (κ3) is 3.94. The van der Waals surface area contributed by atoms with Gasteiger partial charge in [0.05, 0.1) is 0 Å². The van der Waals surface area contributed by atoms with E-state index in [2.05, 4.69) is 15.3 Å². The lowest BCUT2D eigenvalue weighted by Gasteiger charge is -2.13. The normalized spacial score (nSPS) is 13.8. The molecule has 7 heteroatoms. The molecule has 1 aliphatic rings. The average molecular weight is 385 g/mol. The second-order valence-electron chi connectivity index (χ2n) is 7.13. The zero-order valence-electron chi connectivity index (χ0n) is 17.0. The second kappa shape index (κ2) is 7.71. The number of hydrogen-bond acceptors (Lipinski definition) is 6. The van der Waals surface area contributed by atoms with Crippen molar-refractivity contribution in [3.63, 3.8) is 0 Å². The molecule has 4 rings (SSSR count). The Morgan fingerprint density at radius 3 is 2.17 bits per heavy atom. The number of aromatic nitrogens is 2. The number of aliphatic imine (C=N–C) groups is 2. The number of benzene rings is 1. The average Bonchev–Trinajstić information content (AvgIpc) is 3.06. The van der Waals surface area contributed by atoms with Gasteiger partial charge in [-0.15, -0.1) is 0 Å². The van der Waals surface area contributed by atoms with Crippen LogP contribution in [0.2, 0.25) is 0 Å². The maximum absolute atomic E-state index is 4.74. The molecule has 1 aliphatic heterocycles. The minimum atomic E-state index is 0.624. The van der Waals surface area contributed by atoms with Crippen molar-refractivity contribution in [2.45, 2.75) is 0 Å². The van der Waals surface area contributed by atoms with Gasteiger partial charge in [0.25, 0.3) is 0 Å². The summed E-state index contributed by atoms with van der Waals surface area (Å²) in [7, 11) is 7.99. The molecule has 0 atom stereocenters. The molecule has 0 spiro atoms. The first-order valence-electron chi connectivity index (χ1n) is 9.32. The number of amidine groups is 2. The van der Waals surface area contributed by atoms with Crippen LogP contribution in [0.1, 0.15) is 11.1 Å².